The Hall–Kier alpha value is -0.730. The third kappa shape index (κ3) is 2.55. The van der Waals surface area contributed by atoms with Gasteiger partial charge < -0.3 is 10.1 Å². The standard InChI is InChI=1S/C14H14BrF4NOS/c1-12(2)14(18,19)13(3,20-11(22)6-21-12)7-4-8(15)10(17)5-9(7)16/h4-5H,6H2,1-3H3,(H,20,22)/t13-/m1/s1. The lowest BCUT2D eigenvalue weighted by atomic mass is 9.78. The Balaban J connectivity index is 2.72. The minimum atomic E-state index is -3.53. The molecule has 1 N–H and O–H groups in total. The van der Waals surface area contributed by atoms with Crippen LogP contribution in [0.2, 0.25) is 0 Å². The summed E-state index contributed by atoms with van der Waals surface area (Å²) < 4.78 is 62.7. The molecule has 2 nitrogen and oxygen atoms in total. The van der Waals surface area contributed by atoms with Crippen LogP contribution in [0.4, 0.5) is 17.6 Å². The third-order valence-electron chi connectivity index (χ3n) is 3.89. The predicted molar refractivity (Wildman–Crippen MR) is 82.1 cm³/mol. The van der Waals surface area contributed by atoms with Crippen molar-refractivity contribution in [3.8, 4) is 0 Å². The number of rotatable bonds is 1. The summed E-state index contributed by atoms with van der Waals surface area (Å²) in [4.78, 5) is 0.0209. The molecule has 0 saturated carbocycles. The van der Waals surface area contributed by atoms with Gasteiger partial charge in [-0.2, -0.15) is 0 Å². The molecular formula is C14H14BrF4NOS. The first kappa shape index (κ1) is 17.6. The van der Waals surface area contributed by atoms with E-state index in [9.17, 15) is 8.78 Å². The van der Waals surface area contributed by atoms with Crippen LogP contribution in [0.1, 0.15) is 26.3 Å². The van der Waals surface area contributed by atoms with Gasteiger partial charge in [-0.25, -0.2) is 17.6 Å². The van der Waals surface area contributed by atoms with Gasteiger partial charge >= 0.3 is 5.92 Å². The van der Waals surface area contributed by atoms with Crippen molar-refractivity contribution in [3.63, 3.8) is 0 Å². The summed E-state index contributed by atoms with van der Waals surface area (Å²) in [7, 11) is 0. The lowest BCUT2D eigenvalue weighted by Crippen LogP contribution is -2.62. The molecule has 1 aliphatic rings. The lowest BCUT2D eigenvalue weighted by molar-refractivity contribution is -0.216. The van der Waals surface area contributed by atoms with Crippen molar-refractivity contribution in [2.75, 3.05) is 6.61 Å². The van der Waals surface area contributed by atoms with E-state index < -0.39 is 34.3 Å². The Morgan fingerprint density at radius 2 is 1.77 bits per heavy atom. The Morgan fingerprint density at radius 3 is 2.36 bits per heavy atom. The molecule has 2 rings (SSSR count). The molecule has 0 aliphatic carbocycles. The van der Waals surface area contributed by atoms with Crippen molar-refractivity contribution in [1.82, 2.24) is 5.32 Å². The zero-order valence-corrected chi connectivity index (χ0v) is 14.5. The maximum absolute atomic E-state index is 15.0. The summed E-state index contributed by atoms with van der Waals surface area (Å²) >= 11 is 7.86. The van der Waals surface area contributed by atoms with Crippen molar-refractivity contribution in [3.05, 3.63) is 33.8 Å². The monoisotopic (exact) mass is 399 g/mol. The second-order valence-electron chi connectivity index (χ2n) is 5.79. The number of ether oxygens (including phenoxy) is 1. The molecule has 8 heteroatoms. The van der Waals surface area contributed by atoms with Gasteiger partial charge in [0.1, 0.15) is 27.8 Å². The maximum Gasteiger partial charge on any atom is 0.302 e. The van der Waals surface area contributed by atoms with Gasteiger partial charge in [0.2, 0.25) is 0 Å². The predicted octanol–water partition coefficient (Wildman–Crippen LogP) is 4.30. The summed E-state index contributed by atoms with van der Waals surface area (Å²) in [6, 6.07) is 1.56. The molecule has 0 spiro atoms. The molecule has 0 amide bonds. The summed E-state index contributed by atoms with van der Waals surface area (Å²) in [5.74, 6) is -5.49. The largest absolute Gasteiger partial charge is 0.363 e. The van der Waals surface area contributed by atoms with E-state index in [0.717, 1.165) is 13.0 Å². The van der Waals surface area contributed by atoms with Gasteiger partial charge in [0.25, 0.3) is 0 Å². The fourth-order valence-electron chi connectivity index (χ4n) is 2.47. The van der Waals surface area contributed by atoms with Crippen LogP contribution in [-0.4, -0.2) is 23.1 Å². The average Bonchev–Trinajstić information content (AvgIpc) is 2.44. The van der Waals surface area contributed by atoms with E-state index in [2.05, 4.69) is 21.2 Å². The molecule has 22 heavy (non-hydrogen) atoms. The van der Waals surface area contributed by atoms with Crippen LogP contribution >= 0.6 is 28.1 Å². The smallest absolute Gasteiger partial charge is 0.302 e. The number of hydrogen-bond donors (Lipinski definition) is 1. The van der Waals surface area contributed by atoms with E-state index in [1.54, 1.807) is 0 Å². The average molecular weight is 400 g/mol. The van der Waals surface area contributed by atoms with Crippen molar-refractivity contribution in [2.24, 2.45) is 0 Å². The quantitative estimate of drug-likeness (QED) is 0.432. The number of nitrogens with one attached hydrogen (secondary N) is 1. The van der Waals surface area contributed by atoms with E-state index in [1.165, 1.54) is 13.8 Å². The Morgan fingerprint density at radius 1 is 1.18 bits per heavy atom. The topological polar surface area (TPSA) is 21.3 Å². The highest BCUT2D eigenvalue weighted by Gasteiger charge is 2.64. The van der Waals surface area contributed by atoms with E-state index in [0.29, 0.717) is 6.07 Å². The Labute approximate surface area is 139 Å². The van der Waals surface area contributed by atoms with E-state index in [4.69, 9.17) is 17.0 Å². The highest BCUT2D eigenvalue weighted by Crippen LogP contribution is 2.48. The summed E-state index contributed by atoms with van der Waals surface area (Å²) in [6.45, 7) is 3.32. The molecule has 1 atom stereocenters. The minimum Gasteiger partial charge on any atom is -0.363 e. The van der Waals surface area contributed by atoms with Crippen LogP contribution in [-0.2, 0) is 10.3 Å². The molecular weight excluding hydrogens is 386 g/mol. The zero-order valence-electron chi connectivity index (χ0n) is 12.1. The number of thiocarbonyl (C=S) groups is 1. The number of hydrogen-bond acceptors (Lipinski definition) is 2. The second kappa shape index (κ2) is 5.42. The first-order valence-electron chi connectivity index (χ1n) is 6.40. The SMILES string of the molecule is CC1(C)OCC(=S)N[C@](C)(c2cc(Br)c(F)cc2F)C1(F)F. The Kier molecular flexibility index (Phi) is 4.34. The fourth-order valence-corrected chi connectivity index (χ4v) is 3.08. The zero-order chi connectivity index (χ0) is 16.9. The lowest BCUT2D eigenvalue weighted by Gasteiger charge is -2.44. The Bertz CT molecular complexity index is 638. The van der Waals surface area contributed by atoms with E-state index >= 15 is 8.78 Å². The number of halogens is 5. The highest BCUT2D eigenvalue weighted by molar-refractivity contribution is 9.10. The molecule has 1 aromatic carbocycles. The second-order valence-corrected chi connectivity index (χ2v) is 7.14. The molecule has 1 heterocycles. The van der Waals surface area contributed by atoms with Gasteiger partial charge in [0.05, 0.1) is 11.1 Å². The summed E-state index contributed by atoms with van der Waals surface area (Å²) in [6.07, 6.45) is 0. The molecule has 0 radical (unpaired) electrons. The van der Waals surface area contributed by atoms with Gasteiger partial charge in [0, 0.05) is 11.6 Å². The molecule has 1 saturated heterocycles. The number of benzene rings is 1. The van der Waals surface area contributed by atoms with Crippen LogP contribution in [0.3, 0.4) is 0 Å². The van der Waals surface area contributed by atoms with Gasteiger partial charge in [0.15, 0.2) is 0 Å². The van der Waals surface area contributed by atoms with E-state index in [-0.39, 0.29) is 16.1 Å². The number of alkyl halides is 2. The maximum atomic E-state index is 15.0. The van der Waals surface area contributed by atoms with Gasteiger partial charge in [-0.3, -0.25) is 0 Å². The first-order chi connectivity index (χ1) is 9.92. The molecule has 1 fully saturated rings. The normalized spacial score (nSPS) is 27.2. The molecule has 1 aliphatic heterocycles. The van der Waals surface area contributed by atoms with Crippen LogP contribution in [0, 0.1) is 11.6 Å². The molecule has 1 aromatic rings. The van der Waals surface area contributed by atoms with Crippen molar-refractivity contribution < 1.29 is 22.3 Å². The van der Waals surface area contributed by atoms with Gasteiger partial charge in [-0.15, -0.1) is 0 Å². The summed E-state index contributed by atoms with van der Waals surface area (Å²) in [5.41, 5.74) is -4.49. The van der Waals surface area contributed by atoms with Crippen molar-refractivity contribution in [2.45, 2.75) is 37.8 Å². The van der Waals surface area contributed by atoms with Gasteiger partial charge in [-0.1, -0.05) is 12.2 Å². The van der Waals surface area contributed by atoms with Gasteiger partial charge in [-0.05, 0) is 42.8 Å². The van der Waals surface area contributed by atoms with Crippen LogP contribution < -0.4 is 5.32 Å². The molecule has 0 aromatic heterocycles. The molecule has 0 bridgehead atoms. The van der Waals surface area contributed by atoms with Crippen LogP contribution in [0.5, 0.6) is 0 Å². The van der Waals surface area contributed by atoms with Crippen molar-refractivity contribution in [1.29, 1.82) is 0 Å². The molecule has 0 unspecified atom stereocenters. The van der Waals surface area contributed by atoms with Crippen molar-refractivity contribution >= 4 is 33.1 Å². The fraction of sp³-hybridized carbons (Fsp3) is 0.500. The van der Waals surface area contributed by atoms with Crippen LogP contribution in [0.15, 0.2) is 16.6 Å². The van der Waals surface area contributed by atoms with E-state index in [1.807, 2.05) is 0 Å². The third-order valence-corrected chi connectivity index (χ3v) is 4.71. The first-order valence-corrected chi connectivity index (χ1v) is 7.60. The molecule has 122 valence electrons. The van der Waals surface area contributed by atoms with Crippen LogP contribution in [0.25, 0.3) is 0 Å². The minimum absolute atomic E-state index is 0.0209. The summed E-state index contributed by atoms with van der Waals surface area (Å²) in [5, 5.41) is 2.48. The highest BCUT2D eigenvalue weighted by atomic mass is 79.9.